The van der Waals surface area contributed by atoms with Gasteiger partial charge < -0.3 is 44.2 Å². The van der Waals surface area contributed by atoms with E-state index in [2.05, 4.69) is 53.9 Å². The molecular formula is C65H77N11O14S2. The highest BCUT2D eigenvalue weighted by molar-refractivity contribution is 7.98. The monoisotopic (exact) mass is 1300 g/mol. The first-order valence-corrected chi connectivity index (χ1v) is 33.6. The van der Waals surface area contributed by atoms with Gasteiger partial charge in [-0.15, -0.1) is 5.10 Å². The van der Waals surface area contributed by atoms with E-state index >= 15 is 0 Å². The van der Waals surface area contributed by atoms with Gasteiger partial charge in [0.2, 0.25) is 11.5 Å². The molecule has 8 rings (SSSR count). The van der Waals surface area contributed by atoms with Gasteiger partial charge in [0.15, 0.2) is 10.9 Å². The molecule has 4 aromatic heterocycles. The molecule has 2 aliphatic heterocycles. The fourth-order valence-electron chi connectivity index (χ4n) is 10.8. The lowest BCUT2D eigenvalue weighted by atomic mass is 9.85. The third-order valence-electron chi connectivity index (χ3n) is 15.6. The number of nitrogens with zero attached hydrogens (tertiary/aromatic N) is 8. The first kappa shape index (κ1) is 69.1. The minimum atomic E-state index is -2.54. The second-order valence-corrected chi connectivity index (χ2v) is 26.2. The van der Waals surface area contributed by atoms with Crippen LogP contribution in [0.3, 0.4) is 0 Å². The number of esters is 1. The molecule has 0 spiro atoms. The van der Waals surface area contributed by atoms with Crippen LogP contribution < -0.4 is 21.5 Å². The van der Waals surface area contributed by atoms with Crippen LogP contribution in [0, 0.1) is 23.7 Å². The number of amides is 3. The van der Waals surface area contributed by atoms with Crippen molar-refractivity contribution in [3.05, 3.63) is 123 Å². The number of carbonyl (C=O) groups is 7. The summed E-state index contributed by atoms with van der Waals surface area (Å²) in [7, 11) is -2.54. The number of carbonyl (C=O) groups excluding carboxylic acids is 7. The number of hydrogen-bond donors (Lipinski definition) is 3. The van der Waals surface area contributed by atoms with Gasteiger partial charge in [0.1, 0.15) is 19.0 Å². The van der Waals surface area contributed by atoms with Gasteiger partial charge >= 0.3 is 24.3 Å². The zero-order valence-electron chi connectivity index (χ0n) is 52.9. The molecular weight excluding hydrogens is 1220 g/mol. The number of aryl methyl sites for hydroxylation is 1. The topological polar surface area (TPSA) is 313 Å². The lowest BCUT2D eigenvalue weighted by Gasteiger charge is -2.35. The van der Waals surface area contributed by atoms with Crippen LogP contribution in [0.25, 0.3) is 22.3 Å². The highest BCUT2D eigenvalue weighted by atomic mass is 32.2. The molecule has 0 fully saturated rings. The number of anilines is 1. The second kappa shape index (κ2) is 31.5. The quantitative estimate of drug-likeness (QED) is 0.00597. The van der Waals surface area contributed by atoms with Gasteiger partial charge in [-0.05, 0) is 93.0 Å². The molecule has 2 aliphatic rings. The van der Waals surface area contributed by atoms with Crippen molar-refractivity contribution < 1.29 is 61.5 Å². The Bertz CT molecular complexity index is 3960. The molecule has 0 bridgehead atoms. The van der Waals surface area contributed by atoms with Gasteiger partial charge in [-0.1, -0.05) is 86.8 Å². The maximum absolute atomic E-state index is 14.4. The van der Waals surface area contributed by atoms with Crippen molar-refractivity contribution in [2.24, 2.45) is 11.8 Å². The molecule has 488 valence electrons. The fourth-order valence-corrected chi connectivity index (χ4v) is 12.5. The predicted molar refractivity (Wildman–Crippen MR) is 345 cm³/mol. The normalized spacial score (nSPS) is 15.2. The third-order valence-corrected chi connectivity index (χ3v) is 17.8. The lowest BCUT2D eigenvalue weighted by Crippen LogP contribution is -2.47. The molecule has 0 aliphatic carbocycles. The largest absolute Gasteiger partial charge is 0.510 e. The average Bonchev–Trinajstić information content (AvgIpc) is 1.52. The van der Waals surface area contributed by atoms with Crippen molar-refractivity contribution in [3.8, 4) is 23.2 Å². The van der Waals surface area contributed by atoms with Gasteiger partial charge in [0.25, 0.3) is 5.56 Å². The predicted octanol–water partition coefficient (Wildman–Crippen LogP) is 7.49. The van der Waals surface area contributed by atoms with Crippen molar-refractivity contribution in [1.82, 2.24) is 49.5 Å². The Morgan fingerprint density at radius 1 is 0.957 bits per heavy atom. The molecule has 4 atom stereocenters. The van der Waals surface area contributed by atoms with E-state index in [1.54, 1.807) is 92.1 Å². The number of Topliss-reactive ketones (excluding diaryl/α,β-unsaturated/α-hetero) is 2. The van der Waals surface area contributed by atoms with E-state index in [1.165, 1.54) is 11.8 Å². The van der Waals surface area contributed by atoms with Crippen LogP contribution in [0.5, 0.6) is 0 Å². The molecule has 2 aromatic carbocycles. The van der Waals surface area contributed by atoms with E-state index in [1.807, 2.05) is 48.7 Å². The number of nitrogens with one attached hydrogen (secondary N) is 3. The number of ether oxygens (including phenoxy) is 5. The maximum atomic E-state index is 14.4. The van der Waals surface area contributed by atoms with E-state index in [-0.39, 0.29) is 75.3 Å². The number of thioether (sulfide) groups is 1. The van der Waals surface area contributed by atoms with Crippen molar-refractivity contribution in [1.29, 1.82) is 0 Å². The van der Waals surface area contributed by atoms with Crippen molar-refractivity contribution in [2.75, 3.05) is 44.1 Å². The number of hydrogen-bond acceptors (Lipinski definition) is 20. The summed E-state index contributed by atoms with van der Waals surface area (Å²) in [5.41, 5.74) is 3.53. The second-order valence-electron chi connectivity index (χ2n) is 23.1. The number of pyridine rings is 2. The molecule has 25 nitrogen and oxygen atoms in total. The standard InChI is InChI=1S/C65H77N11O14S2/c1-10-65(52-33-54-57-50(37-75(54)59(80)51(52)39-87-60(65)81)48(49-18-14-15-19-53(49)70-57)26-28-76(41(4)5)92(8,9)85)90-64(84)88-38-43-20-22-45(23-21-43)69-58(79)42(6)32-55(78)56(40(2)3)71-63(83)89-62(82)66-27-30-86-31-29-74-36-46(72-73-74)24-25-47(77)17-13-11-12-16-44-34-67-61(91-7)68-35-44/h14-15,18-23,33-36,40-42,56H,8,10-11,13,17,24-32,37-39H2,1-7,9H3,(H,66,82)(H,69,79)(H,71,83)/t42-,56+,65+,92?/m1/s1. The van der Waals surface area contributed by atoms with Crippen molar-refractivity contribution in [3.63, 3.8) is 0 Å². The number of aromatic nitrogens is 7. The number of para-hydroxylation sites is 1. The van der Waals surface area contributed by atoms with Gasteiger partial charge in [0, 0.05) is 107 Å². The molecule has 6 aromatic rings. The van der Waals surface area contributed by atoms with Gasteiger partial charge in [-0.3, -0.25) is 23.4 Å². The van der Waals surface area contributed by atoms with Crippen LogP contribution >= 0.6 is 11.8 Å². The summed E-state index contributed by atoms with van der Waals surface area (Å²) >= 11 is 1.46. The van der Waals surface area contributed by atoms with Crippen LogP contribution in [0.2, 0.25) is 0 Å². The molecule has 3 N–H and O–H groups in total. The summed E-state index contributed by atoms with van der Waals surface area (Å²) in [4.78, 5) is 120. The SMILES string of the molecule is C=S(C)(=O)N(CCc1c2c(nc3ccccc13)-c1cc3c(c(=O)n1C2)COC(=O)[C@@]3(CC)OC(=O)OCc1ccc(NC(=O)[C@H](C)CC(=O)[C@@H](NC(=O)OC(=O)NCCOCCn2cc(CCC(=O)CCCC#Cc3cnc(SC)nc3)nn2)C(C)C)cc1)C(C)C. The first-order valence-electron chi connectivity index (χ1n) is 30.3. The number of cyclic esters (lactones) is 1. The first-order chi connectivity index (χ1) is 44.0. The van der Waals surface area contributed by atoms with Gasteiger partial charge in [-0.25, -0.2) is 43.1 Å². The minimum Gasteiger partial charge on any atom is -0.457 e. The summed E-state index contributed by atoms with van der Waals surface area (Å²) in [6.07, 6.45) is 7.76. The number of alkyl carbamates (subject to hydrolysis) is 2. The average molecular weight is 1300 g/mol. The van der Waals surface area contributed by atoms with Crippen LogP contribution in [-0.4, -0.2) is 142 Å². The van der Waals surface area contributed by atoms with E-state index in [0.29, 0.717) is 90.6 Å². The maximum Gasteiger partial charge on any atom is 0.510 e. The smallest absolute Gasteiger partial charge is 0.457 e. The molecule has 1 unspecified atom stereocenters. The highest BCUT2D eigenvalue weighted by Gasteiger charge is 2.51. The molecule has 6 heterocycles. The van der Waals surface area contributed by atoms with Crippen molar-refractivity contribution >= 4 is 85.7 Å². The van der Waals surface area contributed by atoms with Gasteiger partial charge in [-0.2, -0.15) is 0 Å². The fraction of sp³-hybridized carbons (Fsp3) is 0.446. The number of ketones is 2. The zero-order valence-corrected chi connectivity index (χ0v) is 54.5. The Hall–Kier alpha value is -8.84. The van der Waals surface area contributed by atoms with Crippen LogP contribution in [-0.2, 0) is 97.3 Å². The lowest BCUT2D eigenvalue weighted by molar-refractivity contribution is -0.175. The Morgan fingerprint density at radius 3 is 2.41 bits per heavy atom. The highest BCUT2D eigenvalue weighted by Crippen LogP contribution is 2.42. The third kappa shape index (κ3) is 17.6. The number of rotatable bonds is 29. The van der Waals surface area contributed by atoms with E-state index in [9.17, 15) is 42.6 Å². The minimum absolute atomic E-state index is 0.00750. The van der Waals surface area contributed by atoms with Crippen LogP contribution in [0.4, 0.5) is 20.1 Å². The van der Waals surface area contributed by atoms with Gasteiger partial charge in [0.05, 0.1) is 66.1 Å². The zero-order chi connectivity index (χ0) is 66.3. The Morgan fingerprint density at radius 2 is 1.71 bits per heavy atom. The number of benzene rings is 2. The molecule has 0 saturated carbocycles. The van der Waals surface area contributed by atoms with E-state index in [0.717, 1.165) is 22.1 Å². The summed E-state index contributed by atoms with van der Waals surface area (Å²) in [5, 5.41) is 17.4. The Balaban J connectivity index is 0.748. The summed E-state index contributed by atoms with van der Waals surface area (Å²) in [6, 6.07) is 14.5. The summed E-state index contributed by atoms with van der Waals surface area (Å²) in [6.45, 7) is 11.2. The Kier molecular flexibility index (Phi) is 23.6. The molecule has 92 heavy (non-hydrogen) atoms. The number of fused-ring (bicyclic) bond motifs is 5. The summed E-state index contributed by atoms with van der Waals surface area (Å²) in [5.74, 6) is 6.98. The Labute approximate surface area is 538 Å². The number of unbranched alkanes of at least 4 members (excludes halogenated alkanes) is 1. The molecule has 0 saturated heterocycles. The molecule has 27 heteroatoms. The van der Waals surface area contributed by atoms with Crippen LogP contribution in [0.1, 0.15) is 119 Å². The van der Waals surface area contributed by atoms with Crippen LogP contribution in [0.15, 0.2) is 83.1 Å². The molecule has 3 amide bonds. The molecule has 0 radical (unpaired) electrons. The van der Waals surface area contributed by atoms with E-state index in [4.69, 9.17) is 28.7 Å². The van der Waals surface area contributed by atoms with Crippen molar-refractivity contribution in [2.45, 2.75) is 142 Å². The van der Waals surface area contributed by atoms with E-state index < -0.39 is 74.7 Å². The summed E-state index contributed by atoms with van der Waals surface area (Å²) < 4.78 is 45.6.